The molecule has 15 heavy (non-hydrogen) atoms. The SMILES string of the molecule is CCc1ccccc1NC(=O)OC(C)C. The van der Waals surface area contributed by atoms with Crippen molar-refractivity contribution in [2.75, 3.05) is 5.32 Å². The van der Waals surface area contributed by atoms with Crippen LogP contribution in [0.25, 0.3) is 0 Å². The molecule has 0 atom stereocenters. The average Bonchev–Trinajstić information content (AvgIpc) is 2.17. The Kier molecular flexibility index (Phi) is 4.16. The second-order valence-corrected chi connectivity index (χ2v) is 3.59. The molecule has 0 radical (unpaired) electrons. The fraction of sp³-hybridized carbons (Fsp3) is 0.417. The molecule has 0 unspecified atom stereocenters. The second-order valence-electron chi connectivity index (χ2n) is 3.59. The van der Waals surface area contributed by atoms with Gasteiger partial charge in [0.15, 0.2) is 0 Å². The Hall–Kier alpha value is -1.51. The highest BCUT2D eigenvalue weighted by molar-refractivity contribution is 5.85. The van der Waals surface area contributed by atoms with Crippen molar-refractivity contribution in [1.29, 1.82) is 0 Å². The van der Waals surface area contributed by atoms with Gasteiger partial charge in [0.25, 0.3) is 0 Å². The van der Waals surface area contributed by atoms with Crippen molar-refractivity contribution >= 4 is 11.8 Å². The molecule has 0 saturated carbocycles. The third-order valence-electron chi connectivity index (χ3n) is 1.98. The van der Waals surface area contributed by atoms with Gasteiger partial charge in [-0.3, -0.25) is 5.32 Å². The van der Waals surface area contributed by atoms with Gasteiger partial charge in [-0.15, -0.1) is 0 Å². The summed E-state index contributed by atoms with van der Waals surface area (Å²) >= 11 is 0. The molecule has 1 aromatic rings. The molecule has 82 valence electrons. The quantitative estimate of drug-likeness (QED) is 0.826. The molecule has 1 aromatic carbocycles. The summed E-state index contributed by atoms with van der Waals surface area (Å²) in [6, 6.07) is 7.72. The lowest BCUT2D eigenvalue weighted by molar-refractivity contribution is 0.130. The first-order valence-corrected chi connectivity index (χ1v) is 5.19. The van der Waals surface area contributed by atoms with Gasteiger partial charge in [0.1, 0.15) is 0 Å². The summed E-state index contributed by atoms with van der Waals surface area (Å²) in [6.45, 7) is 5.70. The van der Waals surface area contributed by atoms with Crippen LogP contribution in [-0.4, -0.2) is 12.2 Å². The van der Waals surface area contributed by atoms with E-state index in [0.717, 1.165) is 17.7 Å². The molecular formula is C12H17NO2. The largest absolute Gasteiger partial charge is 0.447 e. The molecule has 0 bridgehead atoms. The molecule has 0 aliphatic heterocycles. The Morgan fingerprint density at radius 3 is 2.67 bits per heavy atom. The number of rotatable bonds is 3. The summed E-state index contributed by atoms with van der Waals surface area (Å²) in [6.07, 6.45) is 0.391. The van der Waals surface area contributed by atoms with E-state index in [1.54, 1.807) is 0 Å². The molecular weight excluding hydrogens is 190 g/mol. The van der Waals surface area contributed by atoms with Crippen molar-refractivity contribution in [1.82, 2.24) is 0 Å². The average molecular weight is 207 g/mol. The maximum absolute atomic E-state index is 11.4. The number of hydrogen-bond acceptors (Lipinski definition) is 2. The van der Waals surface area contributed by atoms with Crippen molar-refractivity contribution in [3.63, 3.8) is 0 Å². The molecule has 1 N–H and O–H groups in total. The standard InChI is InChI=1S/C12H17NO2/c1-4-10-7-5-6-8-11(10)13-12(14)15-9(2)3/h5-9H,4H2,1-3H3,(H,13,14). The van der Waals surface area contributed by atoms with Crippen molar-refractivity contribution in [2.45, 2.75) is 33.3 Å². The molecule has 0 aliphatic rings. The van der Waals surface area contributed by atoms with Crippen LogP contribution in [0.4, 0.5) is 10.5 Å². The molecule has 1 rings (SSSR count). The van der Waals surface area contributed by atoms with Gasteiger partial charge in [0.05, 0.1) is 6.10 Å². The first kappa shape index (κ1) is 11.6. The van der Waals surface area contributed by atoms with Gasteiger partial charge in [-0.2, -0.15) is 0 Å². The van der Waals surface area contributed by atoms with Crippen LogP contribution in [0, 0.1) is 0 Å². The van der Waals surface area contributed by atoms with Crippen LogP contribution in [0.15, 0.2) is 24.3 Å². The minimum absolute atomic E-state index is 0.0983. The number of carbonyl (C=O) groups excluding carboxylic acids is 1. The molecule has 0 spiro atoms. The van der Waals surface area contributed by atoms with Crippen LogP contribution in [0.1, 0.15) is 26.3 Å². The predicted molar refractivity (Wildman–Crippen MR) is 61.1 cm³/mol. The summed E-state index contributed by atoms with van der Waals surface area (Å²) in [5.41, 5.74) is 1.93. The number of aryl methyl sites for hydroxylation is 1. The van der Waals surface area contributed by atoms with Gasteiger partial charge in [-0.25, -0.2) is 4.79 Å². The van der Waals surface area contributed by atoms with Crippen molar-refractivity contribution in [3.05, 3.63) is 29.8 Å². The van der Waals surface area contributed by atoms with E-state index in [4.69, 9.17) is 4.74 Å². The summed E-state index contributed by atoms with van der Waals surface area (Å²) in [4.78, 5) is 11.4. The van der Waals surface area contributed by atoms with Crippen molar-refractivity contribution in [3.8, 4) is 0 Å². The zero-order chi connectivity index (χ0) is 11.3. The van der Waals surface area contributed by atoms with Crippen LogP contribution < -0.4 is 5.32 Å². The minimum atomic E-state index is -0.397. The molecule has 0 fully saturated rings. The molecule has 3 heteroatoms. The highest BCUT2D eigenvalue weighted by atomic mass is 16.6. The fourth-order valence-electron chi connectivity index (χ4n) is 1.30. The number of amides is 1. The van der Waals surface area contributed by atoms with Gasteiger partial charge in [0, 0.05) is 5.69 Å². The van der Waals surface area contributed by atoms with E-state index in [2.05, 4.69) is 5.32 Å². The fourth-order valence-corrected chi connectivity index (χ4v) is 1.30. The number of hydrogen-bond donors (Lipinski definition) is 1. The van der Waals surface area contributed by atoms with Crippen molar-refractivity contribution < 1.29 is 9.53 Å². The molecule has 0 heterocycles. The van der Waals surface area contributed by atoms with Crippen LogP contribution in [0.2, 0.25) is 0 Å². The van der Waals surface area contributed by atoms with E-state index in [1.807, 2.05) is 45.0 Å². The van der Waals surface area contributed by atoms with Gasteiger partial charge >= 0.3 is 6.09 Å². The summed E-state index contributed by atoms with van der Waals surface area (Å²) in [5.74, 6) is 0. The van der Waals surface area contributed by atoms with Crippen LogP contribution in [0.5, 0.6) is 0 Å². The number of nitrogens with one attached hydrogen (secondary N) is 1. The smallest absolute Gasteiger partial charge is 0.411 e. The number of para-hydroxylation sites is 1. The Labute approximate surface area is 90.4 Å². The van der Waals surface area contributed by atoms with Crippen LogP contribution >= 0.6 is 0 Å². The van der Waals surface area contributed by atoms with E-state index >= 15 is 0 Å². The summed E-state index contributed by atoms with van der Waals surface area (Å²) in [7, 11) is 0. The maximum atomic E-state index is 11.4. The normalized spacial score (nSPS) is 10.1. The monoisotopic (exact) mass is 207 g/mol. The van der Waals surface area contributed by atoms with Crippen LogP contribution in [0.3, 0.4) is 0 Å². The number of carbonyl (C=O) groups is 1. The van der Waals surface area contributed by atoms with E-state index in [1.165, 1.54) is 0 Å². The highest BCUT2D eigenvalue weighted by Crippen LogP contribution is 2.15. The van der Waals surface area contributed by atoms with E-state index in [0.29, 0.717) is 0 Å². The zero-order valence-electron chi connectivity index (χ0n) is 9.41. The van der Waals surface area contributed by atoms with E-state index < -0.39 is 6.09 Å². The van der Waals surface area contributed by atoms with Gasteiger partial charge in [0.2, 0.25) is 0 Å². The third kappa shape index (κ3) is 3.62. The number of benzene rings is 1. The lowest BCUT2D eigenvalue weighted by atomic mass is 10.1. The van der Waals surface area contributed by atoms with E-state index in [9.17, 15) is 4.79 Å². The third-order valence-corrected chi connectivity index (χ3v) is 1.98. The Balaban J connectivity index is 2.67. The van der Waals surface area contributed by atoms with Crippen molar-refractivity contribution in [2.24, 2.45) is 0 Å². The van der Waals surface area contributed by atoms with Gasteiger partial charge in [-0.1, -0.05) is 25.1 Å². The number of anilines is 1. The first-order chi connectivity index (χ1) is 7.13. The molecule has 0 aliphatic carbocycles. The predicted octanol–water partition coefficient (Wildman–Crippen LogP) is 3.21. The molecule has 3 nitrogen and oxygen atoms in total. The van der Waals surface area contributed by atoms with Gasteiger partial charge in [-0.05, 0) is 31.9 Å². The van der Waals surface area contributed by atoms with Gasteiger partial charge < -0.3 is 4.74 Å². The lowest BCUT2D eigenvalue weighted by Crippen LogP contribution is -2.18. The second kappa shape index (κ2) is 5.39. The summed E-state index contributed by atoms with van der Waals surface area (Å²) in [5, 5.41) is 2.73. The minimum Gasteiger partial charge on any atom is -0.447 e. The molecule has 0 saturated heterocycles. The zero-order valence-corrected chi connectivity index (χ0v) is 9.41. The maximum Gasteiger partial charge on any atom is 0.411 e. The highest BCUT2D eigenvalue weighted by Gasteiger charge is 2.07. The Morgan fingerprint density at radius 1 is 1.40 bits per heavy atom. The lowest BCUT2D eigenvalue weighted by Gasteiger charge is -2.11. The van der Waals surface area contributed by atoms with Crippen LogP contribution in [-0.2, 0) is 11.2 Å². The first-order valence-electron chi connectivity index (χ1n) is 5.19. The Morgan fingerprint density at radius 2 is 2.07 bits per heavy atom. The summed E-state index contributed by atoms with van der Waals surface area (Å²) < 4.78 is 5.00. The van der Waals surface area contributed by atoms with E-state index in [-0.39, 0.29) is 6.10 Å². The Bertz CT molecular complexity index is 334. The molecule has 0 aromatic heterocycles. The number of ether oxygens (including phenoxy) is 1. The molecule has 1 amide bonds. The topological polar surface area (TPSA) is 38.3 Å².